The van der Waals surface area contributed by atoms with Gasteiger partial charge in [-0.25, -0.2) is 0 Å². The second-order valence-corrected chi connectivity index (χ2v) is 4.24. The van der Waals surface area contributed by atoms with Crippen molar-refractivity contribution in [3.05, 3.63) is 23.2 Å². The highest BCUT2D eigenvalue weighted by atomic mass is 16.3. The lowest BCUT2D eigenvalue weighted by Gasteiger charge is -2.29. The third-order valence-corrected chi connectivity index (χ3v) is 3.08. The van der Waals surface area contributed by atoms with Crippen molar-refractivity contribution in [2.75, 3.05) is 13.2 Å². The summed E-state index contributed by atoms with van der Waals surface area (Å²) in [7, 11) is 0. The first kappa shape index (κ1) is 13.2. The van der Waals surface area contributed by atoms with Gasteiger partial charge in [0.1, 0.15) is 11.5 Å². The van der Waals surface area contributed by atoms with Gasteiger partial charge >= 0.3 is 0 Å². The molecular formula is C12H21NO3. The minimum atomic E-state index is -0.600. The molecule has 4 heteroatoms. The maximum absolute atomic E-state index is 9.28. The van der Waals surface area contributed by atoms with Gasteiger partial charge in [-0.3, -0.25) is 0 Å². The number of aliphatic hydroxyl groups is 2. The summed E-state index contributed by atoms with van der Waals surface area (Å²) in [5.74, 6) is 1.76. The molecule has 0 radical (unpaired) electrons. The molecule has 3 N–H and O–H groups in total. The Kier molecular flexibility index (Phi) is 4.53. The number of furan rings is 1. The molecule has 4 nitrogen and oxygen atoms in total. The lowest BCUT2D eigenvalue weighted by Crippen LogP contribution is -2.50. The number of aryl methyl sites for hydroxylation is 2. The highest BCUT2D eigenvalue weighted by molar-refractivity contribution is 5.20. The molecule has 16 heavy (non-hydrogen) atoms. The Labute approximate surface area is 96.3 Å². The molecule has 0 aliphatic carbocycles. The van der Waals surface area contributed by atoms with Crippen molar-refractivity contribution < 1.29 is 14.6 Å². The van der Waals surface area contributed by atoms with Gasteiger partial charge in [0.25, 0.3) is 0 Å². The van der Waals surface area contributed by atoms with Crippen LogP contribution in [0, 0.1) is 13.8 Å². The fraction of sp³-hybridized carbons (Fsp3) is 0.667. The van der Waals surface area contributed by atoms with Crippen LogP contribution in [-0.4, -0.2) is 29.0 Å². The summed E-state index contributed by atoms with van der Waals surface area (Å²) < 4.78 is 5.42. The number of nitrogens with one attached hydrogen (secondary N) is 1. The molecule has 0 saturated heterocycles. The summed E-state index contributed by atoms with van der Waals surface area (Å²) >= 11 is 0. The molecule has 1 heterocycles. The first-order valence-electron chi connectivity index (χ1n) is 5.59. The monoisotopic (exact) mass is 227 g/mol. The van der Waals surface area contributed by atoms with E-state index in [2.05, 4.69) is 5.32 Å². The van der Waals surface area contributed by atoms with Gasteiger partial charge in [0.15, 0.2) is 0 Å². The Morgan fingerprint density at radius 2 is 1.94 bits per heavy atom. The van der Waals surface area contributed by atoms with E-state index in [1.165, 1.54) is 0 Å². The summed E-state index contributed by atoms with van der Waals surface area (Å²) in [6, 6.07) is 1.97. The van der Waals surface area contributed by atoms with Crippen molar-refractivity contribution in [1.82, 2.24) is 5.32 Å². The van der Waals surface area contributed by atoms with Crippen molar-refractivity contribution in [3.63, 3.8) is 0 Å². The standard InChI is InChI=1S/C12H21NO3/c1-4-12(7-14,8-15)13-6-11-5-9(2)16-10(11)3/h5,13-15H,4,6-8H2,1-3H3. The Hall–Kier alpha value is -0.840. The minimum Gasteiger partial charge on any atom is -0.466 e. The van der Waals surface area contributed by atoms with Crippen LogP contribution in [0.15, 0.2) is 10.5 Å². The second kappa shape index (κ2) is 5.48. The molecule has 1 rings (SSSR count). The molecule has 0 aliphatic rings. The third kappa shape index (κ3) is 2.84. The molecule has 0 spiro atoms. The molecular weight excluding hydrogens is 206 g/mol. The molecule has 1 aromatic rings. The molecule has 0 atom stereocenters. The molecule has 1 aromatic heterocycles. The van der Waals surface area contributed by atoms with Crippen LogP contribution in [0.25, 0.3) is 0 Å². The van der Waals surface area contributed by atoms with Crippen LogP contribution in [0.2, 0.25) is 0 Å². The second-order valence-electron chi connectivity index (χ2n) is 4.24. The van der Waals surface area contributed by atoms with E-state index in [9.17, 15) is 10.2 Å². The molecule has 0 amide bonds. The van der Waals surface area contributed by atoms with E-state index in [1.54, 1.807) is 0 Å². The predicted molar refractivity (Wildman–Crippen MR) is 62.2 cm³/mol. The lowest BCUT2D eigenvalue weighted by atomic mass is 9.98. The maximum Gasteiger partial charge on any atom is 0.105 e. The van der Waals surface area contributed by atoms with E-state index in [4.69, 9.17) is 4.42 Å². The summed E-state index contributed by atoms with van der Waals surface area (Å²) in [5.41, 5.74) is 0.467. The molecule has 0 bridgehead atoms. The van der Waals surface area contributed by atoms with Gasteiger partial charge < -0.3 is 19.9 Å². The van der Waals surface area contributed by atoms with Crippen molar-refractivity contribution in [3.8, 4) is 0 Å². The highest BCUT2D eigenvalue weighted by Gasteiger charge is 2.25. The predicted octanol–water partition coefficient (Wildman–Crippen LogP) is 1.12. The van der Waals surface area contributed by atoms with Crippen LogP contribution in [0.1, 0.15) is 30.4 Å². The van der Waals surface area contributed by atoms with Crippen molar-refractivity contribution in [1.29, 1.82) is 0 Å². The van der Waals surface area contributed by atoms with Gasteiger partial charge in [0.2, 0.25) is 0 Å². The van der Waals surface area contributed by atoms with Crippen molar-refractivity contribution in [2.45, 2.75) is 39.3 Å². The Morgan fingerprint density at radius 1 is 1.31 bits per heavy atom. The lowest BCUT2D eigenvalue weighted by molar-refractivity contribution is 0.0863. The number of aliphatic hydroxyl groups excluding tert-OH is 2. The van der Waals surface area contributed by atoms with Gasteiger partial charge in [-0.15, -0.1) is 0 Å². The first-order valence-corrected chi connectivity index (χ1v) is 5.59. The van der Waals surface area contributed by atoms with Crippen LogP contribution >= 0.6 is 0 Å². The van der Waals surface area contributed by atoms with Crippen LogP contribution in [0.5, 0.6) is 0 Å². The Balaban J connectivity index is 2.65. The maximum atomic E-state index is 9.28. The number of rotatable bonds is 6. The zero-order valence-corrected chi connectivity index (χ0v) is 10.2. The first-order chi connectivity index (χ1) is 7.56. The number of hydrogen-bond acceptors (Lipinski definition) is 4. The van der Waals surface area contributed by atoms with E-state index in [1.807, 2.05) is 26.8 Å². The average molecular weight is 227 g/mol. The van der Waals surface area contributed by atoms with Gasteiger partial charge in [-0.05, 0) is 26.3 Å². The molecule has 0 saturated carbocycles. The van der Waals surface area contributed by atoms with Crippen LogP contribution < -0.4 is 5.32 Å². The van der Waals surface area contributed by atoms with Crippen LogP contribution in [-0.2, 0) is 6.54 Å². The van der Waals surface area contributed by atoms with Crippen LogP contribution in [0.3, 0.4) is 0 Å². The smallest absolute Gasteiger partial charge is 0.105 e. The summed E-state index contributed by atoms with van der Waals surface area (Å²) in [6.07, 6.45) is 0.676. The van der Waals surface area contributed by atoms with Gasteiger partial charge in [0, 0.05) is 12.1 Å². The topological polar surface area (TPSA) is 65.6 Å². The quantitative estimate of drug-likeness (QED) is 0.681. The van der Waals surface area contributed by atoms with Crippen molar-refractivity contribution in [2.24, 2.45) is 0 Å². The Bertz CT molecular complexity index is 321. The van der Waals surface area contributed by atoms with E-state index in [0.717, 1.165) is 17.1 Å². The third-order valence-electron chi connectivity index (χ3n) is 3.08. The molecule has 0 aromatic carbocycles. The van der Waals surface area contributed by atoms with Crippen LogP contribution in [0.4, 0.5) is 0 Å². The van der Waals surface area contributed by atoms with E-state index in [-0.39, 0.29) is 13.2 Å². The Morgan fingerprint density at radius 3 is 2.31 bits per heavy atom. The normalized spacial score (nSPS) is 12.1. The molecule has 92 valence electrons. The molecule has 0 unspecified atom stereocenters. The fourth-order valence-electron chi connectivity index (χ4n) is 1.65. The highest BCUT2D eigenvalue weighted by Crippen LogP contribution is 2.16. The largest absolute Gasteiger partial charge is 0.466 e. The minimum absolute atomic E-state index is 0.0735. The zero-order chi connectivity index (χ0) is 12.2. The van der Waals surface area contributed by atoms with E-state index >= 15 is 0 Å². The van der Waals surface area contributed by atoms with Gasteiger partial charge in [0.05, 0.1) is 18.8 Å². The van der Waals surface area contributed by atoms with Crippen molar-refractivity contribution >= 4 is 0 Å². The SMILES string of the molecule is CCC(CO)(CO)NCc1cc(C)oc1C. The van der Waals surface area contributed by atoms with Gasteiger partial charge in [-0.1, -0.05) is 6.92 Å². The summed E-state index contributed by atoms with van der Waals surface area (Å²) in [6.45, 7) is 6.20. The number of hydrogen-bond donors (Lipinski definition) is 3. The molecule has 0 fully saturated rings. The van der Waals surface area contributed by atoms with E-state index in [0.29, 0.717) is 13.0 Å². The van der Waals surface area contributed by atoms with Gasteiger partial charge in [-0.2, -0.15) is 0 Å². The van der Waals surface area contributed by atoms with E-state index < -0.39 is 5.54 Å². The average Bonchev–Trinajstić information content (AvgIpc) is 2.60. The molecule has 0 aliphatic heterocycles. The summed E-state index contributed by atoms with van der Waals surface area (Å²) in [5, 5.41) is 21.8. The fourth-order valence-corrected chi connectivity index (χ4v) is 1.65. The zero-order valence-electron chi connectivity index (χ0n) is 10.2. The summed E-state index contributed by atoms with van der Waals surface area (Å²) in [4.78, 5) is 0.